The topological polar surface area (TPSA) is 61.8 Å². The van der Waals surface area contributed by atoms with E-state index in [1.807, 2.05) is 19.0 Å². The maximum absolute atomic E-state index is 5.97. The lowest BCUT2D eigenvalue weighted by Gasteiger charge is -2.21. The third-order valence-electron chi connectivity index (χ3n) is 4.60. The van der Waals surface area contributed by atoms with Crippen molar-refractivity contribution in [3.05, 3.63) is 11.1 Å². The van der Waals surface area contributed by atoms with E-state index in [9.17, 15) is 0 Å². The van der Waals surface area contributed by atoms with E-state index < -0.39 is 0 Å². The lowest BCUT2D eigenvalue weighted by molar-refractivity contribution is 0.0264. The van der Waals surface area contributed by atoms with Gasteiger partial charge in [0.05, 0.1) is 18.3 Å². The minimum Gasteiger partial charge on any atom is -0.378 e. The fourth-order valence-electron chi connectivity index (χ4n) is 3.07. The molecule has 0 amide bonds. The third-order valence-corrected chi connectivity index (χ3v) is 5.66. The SMILES string of the molecule is CN=C(NCCCCCOC1CCCCC1)NCc1csc(N(C)C)n1. The fraction of sp³-hybridized carbons (Fsp3) is 0.789. The maximum atomic E-state index is 5.97. The molecule has 1 aliphatic carbocycles. The number of rotatable bonds is 10. The number of guanidine groups is 1. The average Bonchev–Trinajstić information content (AvgIpc) is 3.13. The van der Waals surface area contributed by atoms with Gasteiger partial charge in [-0.15, -0.1) is 11.3 Å². The second-order valence-electron chi connectivity index (χ2n) is 7.06. The van der Waals surface area contributed by atoms with Gasteiger partial charge in [-0.25, -0.2) is 4.98 Å². The Morgan fingerprint density at radius 1 is 1.23 bits per heavy atom. The van der Waals surface area contributed by atoms with Gasteiger partial charge in [-0.2, -0.15) is 0 Å². The van der Waals surface area contributed by atoms with Gasteiger partial charge in [-0.1, -0.05) is 19.3 Å². The highest BCUT2D eigenvalue weighted by molar-refractivity contribution is 7.13. The molecule has 0 aliphatic heterocycles. The van der Waals surface area contributed by atoms with E-state index in [0.29, 0.717) is 12.6 Å². The van der Waals surface area contributed by atoms with Crippen molar-refractivity contribution in [2.45, 2.75) is 64.0 Å². The molecule has 0 unspecified atom stereocenters. The zero-order valence-electron chi connectivity index (χ0n) is 16.6. The highest BCUT2D eigenvalue weighted by Crippen LogP contribution is 2.20. The normalized spacial score (nSPS) is 15.9. The molecule has 0 atom stereocenters. The van der Waals surface area contributed by atoms with Crippen LogP contribution in [0, 0.1) is 0 Å². The molecular weight excluding hydrogens is 346 g/mol. The first-order valence-corrected chi connectivity index (χ1v) is 10.7. The fourth-order valence-corrected chi connectivity index (χ4v) is 3.83. The van der Waals surface area contributed by atoms with Crippen LogP contribution >= 0.6 is 11.3 Å². The summed E-state index contributed by atoms with van der Waals surface area (Å²) >= 11 is 1.66. The number of hydrogen-bond acceptors (Lipinski definition) is 5. The Morgan fingerprint density at radius 3 is 2.73 bits per heavy atom. The minimum atomic E-state index is 0.531. The van der Waals surface area contributed by atoms with Crippen molar-refractivity contribution in [3.63, 3.8) is 0 Å². The molecule has 6 nitrogen and oxygen atoms in total. The van der Waals surface area contributed by atoms with Crippen LogP contribution < -0.4 is 15.5 Å². The number of thiazole rings is 1. The van der Waals surface area contributed by atoms with Crippen molar-refractivity contribution in [2.24, 2.45) is 4.99 Å². The molecule has 0 radical (unpaired) electrons. The van der Waals surface area contributed by atoms with Crippen LogP contribution in [-0.4, -0.2) is 51.3 Å². The van der Waals surface area contributed by atoms with Gasteiger partial charge in [0.25, 0.3) is 0 Å². The number of nitrogens with zero attached hydrogens (tertiary/aromatic N) is 3. The number of ether oxygens (including phenoxy) is 1. The number of unbranched alkanes of at least 4 members (excludes halogenated alkanes) is 2. The molecule has 7 heteroatoms. The molecule has 0 saturated heterocycles. The van der Waals surface area contributed by atoms with E-state index in [4.69, 9.17) is 4.74 Å². The van der Waals surface area contributed by atoms with Gasteiger partial charge in [0.2, 0.25) is 0 Å². The number of hydrogen-bond donors (Lipinski definition) is 2. The third kappa shape index (κ3) is 7.91. The lowest BCUT2D eigenvalue weighted by Crippen LogP contribution is -2.37. The molecule has 1 fully saturated rings. The molecule has 0 aromatic carbocycles. The molecule has 0 bridgehead atoms. The molecule has 2 rings (SSSR count). The molecule has 1 aliphatic rings. The standard InChI is InChI=1S/C19H35N5OS/c1-20-18(22-14-16-15-26-19(23-16)24(2)3)21-12-8-5-9-13-25-17-10-6-4-7-11-17/h15,17H,4-14H2,1-3H3,(H2,20,21,22). The Balaban J connectivity index is 1.50. The quantitative estimate of drug-likeness (QED) is 0.369. The van der Waals surface area contributed by atoms with Gasteiger partial charge in [0.1, 0.15) is 0 Å². The van der Waals surface area contributed by atoms with Crippen molar-refractivity contribution in [1.29, 1.82) is 0 Å². The molecule has 26 heavy (non-hydrogen) atoms. The molecule has 1 heterocycles. The molecule has 1 saturated carbocycles. The van der Waals surface area contributed by atoms with E-state index >= 15 is 0 Å². The summed E-state index contributed by atoms with van der Waals surface area (Å²) in [5, 5.41) is 9.81. The van der Waals surface area contributed by atoms with Gasteiger partial charge < -0.3 is 20.3 Å². The number of anilines is 1. The number of aromatic nitrogens is 1. The summed E-state index contributed by atoms with van der Waals surface area (Å²) in [6, 6.07) is 0. The summed E-state index contributed by atoms with van der Waals surface area (Å²) in [5.41, 5.74) is 1.04. The first kappa shape index (κ1) is 21.0. The summed E-state index contributed by atoms with van der Waals surface area (Å²) < 4.78 is 5.97. The molecule has 148 valence electrons. The molecule has 1 aromatic rings. The Bertz CT molecular complexity index is 526. The summed E-state index contributed by atoms with van der Waals surface area (Å²) in [4.78, 5) is 10.9. The van der Waals surface area contributed by atoms with Gasteiger partial charge in [-0.3, -0.25) is 4.99 Å². The van der Waals surface area contributed by atoms with E-state index in [1.54, 1.807) is 18.4 Å². The van der Waals surface area contributed by atoms with Gasteiger partial charge >= 0.3 is 0 Å². The monoisotopic (exact) mass is 381 g/mol. The van der Waals surface area contributed by atoms with Gasteiger partial charge in [0.15, 0.2) is 11.1 Å². The zero-order chi connectivity index (χ0) is 18.6. The minimum absolute atomic E-state index is 0.531. The Kier molecular flexibility index (Phi) is 9.77. The van der Waals surface area contributed by atoms with Crippen LogP contribution in [0.15, 0.2) is 10.4 Å². The molecule has 2 N–H and O–H groups in total. The van der Waals surface area contributed by atoms with Crippen LogP contribution in [0.5, 0.6) is 0 Å². The van der Waals surface area contributed by atoms with E-state index in [1.165, 1.54) is 38.5 Å². The van der Waals surface area contributed by atoms with Crippen LogP contribution in [-0.2, 0) is 11.3 Å². The maximum Gasteiger partial charge on any atom is 0.191 e. The van der Waals surface area contributed by atoms with Crippen molar-refractivity contribution in [1.82, 2.24) is 15.6 Å². The Labute approximate surface area is 162 Å². The van der Waals surface area contributed by atoms with Crippen molar-refractivity contribution in [3.8, 4) is 0 Å². The van der Waals surface area contributed by atoms with Crippen LogP contribution in [0.3, 0.4) is 0 Å². The number of nitrogens with one attached hydrogen (secondary N) is 2. The Morgan fingerprint density at radius 2 is 2.04 bits per heavy atom. The van der Waals surface area contributed by atoms with Gasteiger partial charge in [0, 0.05) is 39.7 Å². The van der Waals surface area contributed by atoms with E-state index in [0.717, 1.165) is 42.8 Å². The highest BCUT2D eigenvalue weighted by atomic mass is 32.1. The molecular formula is C19H35N5OS. The number of aliphatic imine (C=N–C) groups is 1. The van der Waals surface area contributed by atoms with E-state index in [2.05, 4.69) is 26.0 Å². The summed E-state index contributed by atoms with van der Waals surface area (Å²) in [5.74, 6) is 0.836. The highest BCUT2D eigenvalue weighted by Gasteiger charge is 2.12. The summed E-state index contributed by atoms with van der Waals surface area (Å²) in [6.45, 7) is 2.54. The van der Waals surface area contributed by atoms with Crippen molar-refractivity contribution in [2.75, 3.05) is 39.2 Å². The summed E-state index contributed by atoms with van der Waals surface area (Å²) in [6.07, 6.45) is 10.6. The van der Waals surface area contributed by atoms with Crippen LogP contribution in [0.4, 0.5) is 5.13 Å². The zero-order valence-corrected chi connectivity index (χ0v) is 17.4. The average molecular weight is 382 g/mol. The summed E-state index contributed by atoms with van der Waals surface area (Å²) in [7, 11) is 5.83. The molecule has 1 aromatic heterocycles. The van der Waals surface area contributed by atoms with Crippen molar-refractivity contribution < 1.29 is 4.74 Å². The largest absolute Gasteiger partial charge is 0.378 e. The van der Waals surface area contributed by atoms with Gasteiger partial charge in [-0.05, 0) is 32.1 Å². The van der Waals surface area contributed by atoms with E-state index in [-0.39, 0.29) is 0 Å². The second kappa shape index (κ2) is 12.1. The smallest absolute Gasteiger partial charge is 0.191 e. The first-order chi connectivity index (χ1) is 12.7. The molecule has 0 spiro atoms. The van der Waals surface area contributed by atoms with Crippen LogP contribution in [0.2, 0.25) is 0 Å². The first-order valence-electron chi connectivity index (χ1n) is 9.87. The van der Waals surface area contributed by atoms with Crippen LogP contribution in [0.1, 0.15) is 57.1 Å². The predicted molar refractivity (Wildman–Crippen MR) is 111 cm³/mol. The van der Waals surface area contributed by atoms with Crippen LogP contribution in [0.25, 0.3) is 0 Å². The van der Waals surface area contributed by atoms with Crippen molar-refractivity contribution >= 4 is 22.4 Å². The Hall–Kier alpha value is -1.34. The predicted octanol–water partition coefficient (Wildman–Crippen LogP) is 3.39. The second-order valence-corrected chi connectivity index (χ2v) is 7.90. The lowest BCUT2D eigenvalue weighted by atomic mass is 9.98.